The van der Waals surface area contributed by atoms with Gasteiger partial charge in [0.05, 0.1) is 20.2 Å². The second kappa shape index (κ2) is 9.16. The monoisotopic (exact) mass is 369 g/mol. The molecule has 2 N–H and O–H groups in total. The molecule has 1 aliphatic heterocycles. The third-order valence-corrected chi connectivity index (χ3v) is 4.39. The quantitative estimate of drug-likeness (QED) is 0.580. The van der Waals surface area contributed by atoms with Gasteiger partial charge in [-0.1, -0.05) is 30.3 Å². The van der Waals surface area contributed by atoms with Crippen LogP contribution < -0.4 is 24.8 Å². The number of benzene rings is 2. The fourth-order valence-corrected chi connectivity index (χ4v) is 3.01. The Bertz CT molecular complexity index is 754. The minimum Gasteiger partial charge on any atom is -0.493 e. The van der Waals surface area contributed by atoms with Crippen molar-refractivity contribution in [2.24, 2.45) is 4.99 Å². The summed E-state index contributed by atoms with van der Waals surface area (Å²) in [6, 6.07) is 15.8. The van der Waals surface area contributed by atoms with Gasteiger partial charge in [0.15, 0.2) is 17.5 Å². The van der Waals surface area contributed by atoms with Crippen LogP contribution in [0.4, 0.5) is 0 Å². The van der Waals surface area contributed by atoms with E-state index in [2.05, 4.69) is 21.7 Å². The first-order valence-electron chi connectivity index (χ1n) is 9.18. The van der Waals surface area contributed by atoms with E-state index in [-0.39, 0.29) is 12.2 Å². The predicted octanol–water partition coefficient (Wildman–Crippen LogP) is 2.63. The van der Waals surface area contributed by atoms with Crippen LogP contribution in [0.1, 0.15) is 12.5 Å². The van der Waals surface area contributed by atoms with Crippen LogP contribution in [0, 0.1) is 0 Å². The van der Waals surface area contributed by atoms with Crippen LogP contribution in [0.25, 0.3) is 0 Å². The average molecular weight is 369 g/mol. The zero-order valence-electron chi connectivity index (χ0n) is 16.1. The molecule has 6 nitrogen and oxygen atoms in total. The molecule has 6 heteroatoms. The number of para-hydroxylation sites is 3. The van der Waals surface area contributed by atoms with E-state index < -0.39 is 0 Å². The number of ether oxygens (including phenoxy) is 3. The molecule has 0 fully saturated rings. The Hall–Kier alpha value is -2.89. The van der Waals surface area contributed by atoms with E-state index in [1.54, 1.807) is 14.2 Å². The van der Waals surface area contributed by atoms with Gasteiger partial charge >= 0.3 is 0 Å². The summed E-state index contributed by atoms with van der Waals surface area (Å²) >= 11 is 0. The van der Waals surface area contributed by atoms with E-state index in [0.29, 0.717) is 13.1 Å². The molecule has 0 saturated heterocycles. The van der Waals surface area contributed by atoms with E-state index in [1.807, 2.05) is 49.4 Å². The van der Waals surface area contributed by atoms with Crippen LogP contribution in [0.2, 0.25) is 0 Å². The fourth-order valence-electron chi connectivity index (χ4n) is 3.01. The van der Waals surface area contributed by atoms with Gasteiger partial charge in [0.25, 0.3) is 0 Å². The van der Waals surface area contributed by atoms with Crippen molar-refractivity contribution in [3.8, 4) is 17.2 Å². The highest BCUT2D eigenvalue weighted by Gasteiger charge is 2.22. The summed E-state index contributed by atoms with van der Waals surface area (Å²) in [6.07, 6.45) is 0.975. The zero-order valence-corrected chi connectivity index (χ0v) is 16.1. The van der Waals surface area contributed by atoms with Gasteiger partial charge in [-0.3, -0.25) is 4.99 Å². The number of hydrogen-bond donors (Lipinski definition) is 2. The first-order chi connectivity index (χ1) is 13.2. The van der Waals surface area contributed by atoms with Crippen molar-refractivity contribution in [1.29, 1.82) is 0 Å². The maximum atomic E-state index is 5.96. The first kappa shape index (κ1) is 18.9. The Balaban J connectivity index is 1.43. The van der Waals surface area contributed by atoms with Crippen molar-refractivity contribution in [1.82, 2.24) is 10.6 Å². The van der Waals surface area contributed by atoms with Gasteiger partial charge in [0.2, 0.25) is 0 Å². The number of nitrogens with zero attached hydrogens (tertiary/aromatic N) is 1. The maximum absolute atomic E-state index is 5.96. The van der Waals surface area contributed by atoms with Crippen LogP contribution in [0.5, 0.6) is 17.2 Å². The summed E-state index contributed by atoms with van der Waals surface area (Å²) in [4.78, 5) is 4.27. The van der Waals surface area contributed by atoms with Crippen LogP contribution in [-0.2, 0) is 6.42 Å². The first-order valence-corrected chi connectivity index (χ1v) is 9.18. The van der Waals surface area contributed by atoms with Crippen molar-refractivity contribution in [2.45, 2.75) is 25.6 Å². The molecule has 2 aromatic carbocycles. The molecule has 0 aromatic heterocycles. The number of methoxy groups -OCH3 is 1. The highest BCUT2D eigenvalue weighted by molar-refractivity contribution is 5.79. The molecule has 0 radical (unpaired) electrons. The smallest absolute Gasteiger partial charge is 0.191 e. The fraction of sp³-hybridized carbons (Fsp3) is 0.381. The molecule has 1 heterocycles. The second-order valence-electron chi connectivity index (χ2n) is 6.47. The topological polar surface area (TPSA) is 64.1 Å². The molecule has 0 amide bonds. The summed E-state index contributed by atoms with van der Waals surface area (Å²) in [5.74, 6) is 3.16. The molecule has 144 valence electrons. The Kier molecular flexibility index (Phi) is 6.41. The van der Waals surface area contributed by atoms with Crippen molar-refractivity contribution in [2.75, 3.05) is 27.2 Å². The molecule has 3 rings (SSSR count). The minimum atomic E-state index is -0.0492. The summed E-state index contributed by atoms with van der Waals surface area (Å²) < 4.78 is 17.2. The van der Waals surface area contributed by atoms with Crippen molar-refractivity contribution < 1.29 is 14.2 Å². The predicted molar refractivity (Wildman–Crippen MR) is 107 cm³/mol. The normalized spacial score (nSPS) is 16.9. The Morgan fingerprint density at radius 3 is 2.63 bits per heavy atom. The maximum Gasteiger partial charge on any atom is 0.191 e. The number of fused-ring (bicyclic) bond motifs is 1. The number of guanidine groups is 1. The van der Waals surface area contributed by atoms with Crippen LogP contribution in [0.3, 0.4) is 0 Å². The van der Waals surface area contributed by atoms with Gasteiger partial charge in [0, 0.05) is 13.5 Å². The third-order valence-electron chi connectivity index (χ3n) is 4.39. The molecule has 2 aromatic rings. The van der Waals surface area contributed by atoms with Crippen LogP contribution in [-0.4, -0.2) is 45.4 Å². The molecule has 2 unspecified atom stereocenters. The molecule has 2 atom stereocenters. The van der Waals surface area contributed by atoms with E-state index >= 15 is 0 Å². The van der Waals surface area contributed by atoms with Gasteiger partial charge in [-0.05, 0) is 30.7 Å². The molecule has 0 spiro atoms. The molecule has 0 saturated carbocycles. The number of rotatable bonds is 7. The van der Waals surface area contributed by atoms with E-state index in [9.17, 15) is 0 Å². The lowest BCUT2D eigenvalue weighted by molar-refractivity contribution is 0.213. The summed E-state index contributed by atoms with van der Waals surface area (Å²) in [7, 11) is 3.39. The summed E-state index contributed by atoms with van der Waals surface area (Å²) in [5.41, 5.74) is 1.26. The largest absolute Gasteiger partial charge is 0.493 e. The third kappa shape index (κ3) is 5.06. The van der Waals surface area contributed by atoms with Crippen molar-refractivity contribution >= 4 is 5.96 Å². The SMILES string of the molecule is CN=C(NCC(C)Oc1ccccc1OC)NCC1Cc2ccccc2O1. The van der Waals surface area contributed by atoms with Gasteiger partial charge in [-0.15, -0.1) is 0 Å². The van der Waals surface area contributed by atoms with Gasteiger partial charge in [0.1, 0.15) is 18.0 Å². The molecule has 1 aliphatic rings. The van der Waals surface area contributed by atoms with Gasteiger partial charge in [-0.2, -0.15) is 0 Å². The van der Waals surface area contributed by atoms with Gasteiger partial charge in [-0.25, -0.2) is 0 Å². The second-order valence-corrected chi connectivity index (χ2v) is 6.47. The average Bonchev–Trinajstić information content (AvgIpc) is 3.11. The minimum absolute atomic E-state index is 0.0492. The molecule has 0 aliphatic carbocycles. The lowest BCUT2D eigenvalue weighted by atomic mass is 10.1. The molecule has 27 heavy (non-hydrogen) atoms. The Labute approximate surface area is 160 Å². The van der Waals surface area contributed by atoms with E-state index in [1.165, 1.54) is 5.56 Å². The van der Waals surface area contributed by atoms with Crippen LogP contribution >= 0.6 is 0 Å². The highest BCUT2D eigenvalue weighted by Crippen LogP contribution is 2.28. The standard InChI is InChI=1S/C21H27N3O3/c1-15(26-20-11-7-6-10-19(20)25-3)13-23-21(22-2)24-14-17-12-16-8-4-5-9-18(16)27-17/h4-11,15,17H,12-14H2,1-3H3,(H2,22,23,24). The summed E-state index contributed by atoms with van der Waals surface area (Å²) in [5, 5.41) is 6.61. The Morgan fingerprint density at radius 1 is 1.15 bits per heavy atom. The van der Waals surface area contributed by atoms with Crippen molar-refractivity contribution in [3.05, 3.63) is 54.1 Å². The van der Waals surface area contributed by atoms with Crippen LogP contribution in [0.15, 0.2) is 53.5 Å². The highest BCUT2D eigenvalue weighted by atomic mass is 16.5. The lowest BCUT2D eigenvalue weighted by Gasteiger charge is -2.20. The molecule has 0 bridgehead atoms. The zero-order chi connectivity index (χ0) is 19.1. The number of nitrogens with one attached hydrogen (secondary N) is 2. The molecular formula is C21H27N3O3. The summed E-state index contributed by atoms with van der Waals surface area (Å²) in [6.45, 7) is 3.31. The lowest BCUT2D eigenvalue weighted by Crippen LogP contribution is -2.45. The Morgan fingerprint density at radius 2 is 1.89 bits per heavy atom. The van der Waals surface area contributed by atoms with E-state index in [0.717, 1.165) is 29.6 Å². The van der Waals surface area contributed by atoms with Crippen molar-refractivity contribution in [3.63, 3.8) is 0 Å². The number of aliphatic imine (C=N–C) groups is 1. The molecular weight excluding hydrogens is 342 g/mol. The van der Waals surface area contributed by atoms with E-state index in [4.69, 9.17) is 14.2 Å². The number of hydrogen-bond acceptors (Lipinski definition) is 4. The van der Waals surface area contributed by atoms with Gasteiger partial charge < -0.3 is 24.8 Å².